The van der Waals surface area contributed by atoms with Gasteiger partial charge < -0.3 is 15.2 Å². The highest BCUT2D eigenvalue weighted by molar-refractivity contribution is 5.72. The minimum atomic E-state index is -4.51. The number of hydrogen-bond donors (Lipinski definition) is 1. The van der Waals surface area contributed by atoms with Crippen LogP contribution in [0.2, 0.25) is 0 Å². The Labute approximate surface area is 106 Å². The first-order valence-corrected chi connectivity index (χ1v) is 5.44. The highest BCUT2D eigenvalue weighted by Gasteiger charge is 2.33. The molecule has 0 radical (unpaired) electrons. The van der Waals surface area contributed by atoms with Crippen LogP contribution < -0.4 is 10.5 Å². The molecule has 0 spiro atoms. The minimum Gasteiger partial charge on any atom is -0.463 e. The average molecular weight is 276 g/mol. The van der Waals surface area contributed by atoms with Crippen LogP contribution in [0.4, 0.5) is 13.2 Å². The Morgan fingerprint density at radius 3 is 2.89 bits per heavy atom. The predicted octanol–water partition coefficient (Wildman–Crippen LogP) is 0.978. The smallest absolute Gasteiger partial charge is 0.433 e. The molecule has 1 aromatic heterocycles. The van der Waals surface area contributed by atoms with Crippen LogP contribution in [0.15, 0.2) is 17.3 Å². The van der Waals surface area contributed by atoms with Crippen LogP contribution in [0, 0.1) is 0 Å². The van der Waals surface area contributed by atoms with Crippen molar-refractivity contribution in [3.63, 3.8) is 0 Å². The number of halogens is 3. The van der Waals surface area contributed by atoms with Gasteiger partial charge in [-0.25, -0.2) is 9.98 Å². The zero-order valence-corrected chi connectivity index (χ0v) is 9.72. The summed E-state index contributed by atoms with van der Waals surface area (Å²) in [5.74, 6) is 0. The quantitative estimate of drug-likeness (QED) is 0.886. The van der Waals surface area contributed by atoms with E-state index in [4.69, 9.17) is 15.2 Å². The molecule has 1 aliphatic heterocycles. The number of alkyl halides is 3. The van der Waals surface area contributed by atoms with Gasteiger partial charge in [-0.05, 0) is 6.07 Å². The molecule has 2 rings (SSSR count). The number of aliphatic imine (C=N–C) groups is 1. The Hall–Kier alpha value is -2.06. The standard InChI is InChI=1S/C10H11F3N4O2/c11-10(12,13)7-1-3-15-9(17-7)18-4-2-6-5-19-8(14)16-6/h1,3,6H,2,4-5H2,(H2,14,16)/t6-/m0/s1. The van der Waals surface area contributed by atoms with E-state index in [0.29, 0.717) is 13.0 Å². The lowest BCUT2D eigenvalue weighted by Gasteiger charge is -2.08. The maximum atomic E-state index is 12.4. The van der Waals surface area contributed by atoms with Crippen molar-refractivity contribution < 1.29 is 22.6 Å². The summed E-state index contributed by atoms with van der Waals surface area (Å²) in [6.07, 6.45) is -3.06. The van der Waals surface area contributed by atoms with Crippen LogP contribution in [0.25, 0.3) is 0 Å². The summed E-state index contributed by atoms with van der Waals surface area (Å²) in [4.78, 5) is 10.8. The Morgan fingerprint density at radius 2 is 2.26 bits per heavy atom. The fraction of sp³-hybridized carbons (Fsp3) is 0.500. The maximum absolute atomic E-state index is 12.4. The molecule has 0 fully saturated rings. The summed E-state index contributed by atoms with van der Waals surface area (Å²) in [6.45, 7) is 0.477. The number of nitrogens with zero attached hydrogens (tertiary/aromatic N) is 3. The predicted molar refractivity (Wildman–Crippen MR) is 58.5 cm³/mol. The molecule has 1 atom stereocenters. The molecule has 1 aliphatic rings. The molecule has 0 amide bonds. The van der Waals surface area contributed by atoms with E-state index in [2.05, 4.69) is 15.0 Å². The fourth-order valence-corrected chi connectivity index (χ4v) is 1.44. The number of nitrogens with two attached hydrogens (primary N) is 1. The van der Waals surface area contributed by atoms with Gasteiger partial charge in [0.1, 0.15) is 6.61 Å². The van der Waals surface area contributed by atoms with Crippen LogP contribution in [0.5, 0.6) is 6.01 Å². The van der Waals surface area contributed by atoms with Crippen molar-refractivity contribution in [1.29, 1.82) is 0 Å². The molecule has 104 valence electrons. The number of rotatable bonds is 4. The van der Waals surface area contributed by atoms with Gasteiger partial charge >= 0.3 is 12.2 Å². The number of ether oxygens (including phenoxy) is 2. The van der Waals surface area contributed by atoms with Gasteiger partial charge in [-0.15, -0.1) is 0 Å². The fourth-order valence-electron chi connectivity index (χ4n) is 1.44. The molecule has 2 N–H and O–H groups in total. The van der Waals surface area contributed by atoms with E-state index in [0.717, 1.165) is 12.3 Å². The minimum absolute atomic E-state index is 0.111. The second-order valence-corrected chi connectivity index (χ2v) is 3.79. The summed E-state index contributed by atoms with van der Waals surface area (Å²) in [6, 6.07) is 0.430. The van der Waals surface area contributed by atoms with Crippen molar-refractivity contribution >= 4 is 6.02 Å². The molecule has 1 aromatic rings. The highest BCUT2D eigenvalue weighted by atomic mass is 19.4. The average Bonchev–Trinajstić information content (AvgIpc) is 2.74. The van der Waals surface area contributed by atoms with Crippen LogP contribution in [-0.2, 0) is 10.9 Å². The Kier molecular flexibility index (Phi) is 3.72. The first kappa shape index (κ1) is 13.4. The maximum Gasteiger partial charge on any atom is 0.433 e. The summed E-state index contributed by atoms with van der Waals surface area (Å²) in [7, 11) is 0. The summed E-state index contributed by atoms with van der Waals surface area (Å²) < 4.78 is 47.1. The number of amidine groups is 1. The molecule has 9 heteroatoms. The molecule has 0 saturated heterocycles. The van der Waals surface area contributed by atoms with Crippen molar-refractivity contribution in [2.75, 3.05) is 13.2 Å². The SMILES string of the molecule is NC1=N[C@@H](CCOc2nccc(C(F)(F)F)n2)CO1. The van der Waals surface area contributed by atoms with Gasteiger partial charge in [0, 0.05) is 12.6 Å². The first-order valence-electron chi connectivity index (χ1n) is 5.44. The van der Waals surface area contributed by atoms with Gasteiger partial charge in [-0.2, -0.15) is 18.2 Å². The van der Waals surface area contributed by atoms with Crippen molar-refractivity contribution in [3.05, 3.63) is 18.0 Å². The largest absolute Gasteiger partial charge is 0.463 e. The van der Waals surface area contributed by atoms with Crippen LogP contribution in [-0.4, -0.2) is 35.2 Å². The second-order valence-electron chi connectivity index (χ2n) is 3.79. The van der Waals surface area contributed by atoms with Crippen molar-refractivity contribution in [2.24, 2.45) is 10.7 Å². The molecule has 0 unspecified atom stereocenters. The molecule has 2 heterocycles. The van der Waals surface area contributed by atoms with E-state index in [9.17, 15) is 13.2 Å². The van der Waals surface area contributed by atoms with Gasteiger partial charge in [0.05, 0.1) is 12.6 Å². The van der Waals surface area contributed by atoms with Gasteiger partial charge in [0.15, 0.2) is 5.69 Å². The van der Waals surface area contributed by atoms with Crippen LogP contribution in [0.1, 0.15) is 12.1 Å². The van der Waals surface area contributed by atoms with E-state index in [1.165, 1.54) is 0 Å². The van der Waals surface area contributed by atoms with Gasteiger partial charge in [-0.1, -0.05) is 0 Å². The van der Waals surface area contributed by atoms with E-state index in [1.807, 2.05) is 0 Å². The Balaban J connectivity index is 1.86. The molecule has 0 aromatic carbocycles. The molecule has 0 bridgehead atoms. The van der Waals surface area contributed by atoms with E-state index in [-0.39, 0.29) is 24.7 Å². The van der Waals surface area contributed by atoms with E-state index >= 15 is 0 Å². The first-order chi connectivity index (χ1) is 8.95. The Bertz CT molecular complexity index is 478. The normalized spacial score (nSPS) is 18.9. The van der Waals surface area contributed by atoms with E-state index in [1.54, 1.807) is 0 Å². The summed E-state index contributed by atoms with van der Waals surface area (Å²) in [5, 5.41) is 0. The van der Waals surface area contributed by atoms with Gasteiger partial charge in [0.25, 0.3) is 6.02 Å². The molecular weight excluding hydrogens is 265 g/mol. The third-order valence-electron chi connectivity index (χ3n) is 2.34. The molecule has 19 heavy (non-hydrogen) atoms. The molecule has 0 saturated carbocycles. The summed E-state index contributed by atoms with van der Waals surface area (Å²) in [5.41, 5.74) is 4.27. The lowest BCUT2D eigenvalue weighted by Crippen LogP contribution is -2.14. The van der Waals surface area contributed by atoms with Crippen molar-refractivity contribution in [2.45, 2.75) is 18.6 Å². The van der Waals surface area contributed by atoms with Gasteiger partial charge in [-0.3, -0.25) is 0 Å². The second kappa shape index (κ2) is 5.29. The highest BCUT2D eigenvalue weighted by Crippen LogP contribution is 2.27. The number of aromatic nitrogens is 2. The molecular formula is C10H11F3N4O2. The lowest BCUT2D eigenvalue weighted by atomic mass is 10.2. The zero-order chi connectivity index (χ0) is 13.9. The molecule has 6 nitrogen and oxygen atoms in total. The third-order valence-corrected chi connectivity index (χ3v) is 2.34. The zero-order valence-electron chi connectivity index (χ0n) is 9.72. The lowest BCUT2D eigenvalue weighted by molar-refractivity contribution is -0.141. The van der Waals surface area contributed by atoms with Crippen molar-refractivity contribution in [1.82, 2.24) is 9.97 Å². The number of hydrogen-bond acceptors (Lipinski definition) is 6. The molecule has 0 aliphatic carbocycles. The van der Waals surface area contributed by atoms with E-state index < -0.39 is 11.9 Å². The van der Waals surface area contributed by atoms with Gasteiger partial charge in [0.2, 0.25) is 0 Å². The van der Waals surface area contributed by atoms with Crippen molar-refractivity contribution in [3.8, 4) is 6.01 Å². The van der Waals surface area contributed by atoms with Crippen LogP contribution in [0.3, 0.4) is 0 Å². The topological polar surface area (TPSA) is 82.6 Å². The monoisotopic (exact) mass is 276 g/mol. The van der Waals surface area contributed by atoms with Crippen LogP contribution >= 0.6 is 0 Å². The summed E-state index contributed by atoms with van der Waals surface area (Å²) >= 11 is 0. The Morgan fingerprint density at radius 1 is 1.47 bits per heavy atom. The third kappa shape index (κ3) is 3.70.